The van der Waals surface area contributed by atoms with E-state index in [0.717, 1.165) is 75.3 Å². The maximum Gasteiger partial charge on any atom is 0.307 e. The van der Waals surface area contributed by atoms with E-state index in [1.165, 1.54) is 32.1 Å². The van der Waals surface area contributed by atoms with Gasteiger partial charge in [-0.15, -0.1) is 0 Å². The highest BCUT2D eigenvalue weighted by atomic mass is 16.5. The van der Waals surface area contributed by atoms with Crippen molar-refractivity contribution >= 4 is 29.0 Å². The number of fused-ring (bicyclic) bond motifs is 1. The fraction of sp³-hybridized carbons (Fsp3) is 0.533. The molecule has 0 saturated carbocycles. The highest BCUT2D eigenvalue weighted by Gasteiger charge is 2.36. The van der Waals surface area contributed by atoms with E-state index in [4.69, 9.17) is 9.73 Å². The van der Waals surface area contributed by atoms with Gasteiger partial charge >= 0.3 is 5.97 Å². The summed E-state index contributed by atoms with van der Waals surface area (Å²) in [6, 6.07) is 16.9. The molecule has 38 heavy (non-hydrogen) atoms. The first-order valence-electron chi connectivity index (χ1n) is 14.0. The molecule has 5 rings (SSSR count). The van der Waals surface area contributed by atoms with Crippen molar-refractivity contribution in [2.24, 2.45) is 4.99 Å². The summed E-state index contributed by atoms with van der Waals surface area (Å²) in [4.78, 5) is 29.8. The number of benzene rings is 2. The van der Waals surface area contributed by atoms with E-state index in [2.05, 4.69) is 75.0 Å². The second-order valence-electron chi connectivity index (χ2n) is 10.8. The van der Waals surface area contributed by atoms with E-state index in [-0.39, 0.29) is 18.4 Å². The average molecular weight is 519 g/mol. The lowest BCUT2D eigenvalue weighted by Crippen LogP contribution is -2.55. The van der Waals surface area contributed by atoms with Crippen LogP contribution in [0.2, 0.25) is 0 Å². The molecule has 1 atom stereocenters. The summed E-state index contributed by atoms with van der Waals surface area (Å²) in [7, 11) is 5.73. The van der Waals surface area contributed by atoms with Gasteiger partial charge < -0.3 is 24.3 Å². The van der Waals surface area contributed by atoms with Crippen LogP contribution in [0, 0.1) is 0 Å². The molecule has 2 fully saturated rings. The largest absolute Gasteiger partial charge is 0.469 e. The smallest absolute Gasteiger partial charge is 0.307 e. The number of nitrogens with zero attached hydrogens (tertiary/aromatic N) is 6. The van der Waals surface area contributed by atoms with Crippen molar-refractivity contribution in [3.05, 3.63) is 54.1 Å². The van der Waals surface area contributed by atoms with Gasteiger partial charge in [-0.05, 0) is 76.8 Å². The second kappa shape index (κ2) is 12.2. The summed E-state index contributed by atoms with van der Waals surface area (Å²) in [5.74, 6) is 0.718. The summed E-state index contributed by atoms with van der Waals surface area (Å²) < 4.78 is 5.15. The molecule has 0 radical (unpaired) electrons. The van der Waals surface area contributed by atoms with Crippen LogP contribution in [0.1, 0.15) is 37.3 Å². The van der Waals surface area contributed by atoms with Gasteiger partial charge in [-0.2, -0.15) is 0 Å². The molecule has 0 bridgehead atoms. The first-order valence-corrected chi connectivity index (χ1v) is 14.0. The lowest BCUT2D eigenvalue weighted by molar-refractivity contribution is -0.141. The summed E-state index contributed by atoms with van der Waals surface area (Å²) >= 11 is 0. The van der Waals surface area contributed by atoms with E-state index < -0.39 is 0 Å². The van der Waals surface area contributed by atoms with Crippen molar-refractivity contribution in [3.8, 4) is 0 Å². The van der Waals surface area contributed by atoms with Crippen molar-refractivity contribution in [2.45, 2.75) is 31.7 Å². The fourth-order valence-corrected chi connectivity index (χ4v) is 5.85. The highest BCUT2D eigenvalue weighted by molar-refractivity contribution is 6.01. The Labute approximate surface area is 227 Å². The molecule has 3 aliphatic heterocycles. The van der Waals surface area contributed by atoms with Gasteiger partial charge in [-0.1, -0.05) is 18.2 Å². The number of methoxy groups -OCH3 is 1. The van der Waals surface area contributed by atoms with E-state index >= 15 is 0 Å². The van der Waals surface area contributed by atoms with E-state index in [1.54, 1.807) is 0 Å². The Morgan fingerprint density at radius 1 is 0.921 bits per heavy atom. The number of rotatable bonds is 8. The Balaban J connectivity index is 1.43. The zero-order valence-electron chi connectivity index (χ0n) is 23.2. The Hall–Kier alpha value is -3.10. The van der Waals surface area contributed by atoms with Crippen LogP contribution in [0.5, 0.6) is 0 Å². The molecule has 3 aliphatic rings. The summed E-state index contributed by atoms with van der Waals surface area (Å²) in [6.45, 7) is 8.31. The Morgan fingerprint density at radius 2 is 1.61 bits per heavy atom. The minimum atomic E-state index is -0.213. The zero-order valence-corrected chi connectivity index (χ0v) is 23.2. The van der Waals surface area contributed by atoms with Crippen LogP contribution in [0.15, 0.2) is 53.5 Å². The Bertz CT molecular complexity index is 1100. The van der Waals surface area contributed by atoms with Gasteiger partial charge in [0.25, 0.3) is 0 Å². The first-order chi connectivity index (χ1) is 18.5. The third-order valence-electron chi connectivity index (χ3n) is 7.96. The molecule has 204 valence electrons. The summed E-state index contributed by atoms with van der Waals surface area (Å²) in [5.41, 5.74) is 4.32. The average Bonchev–Trinajstić information content (AvgIpc) is 3.48. The van der Waals surface area contributed by atoms with Gasteiger partial charge in [0.2, 0.25) is 5.96 Å². The molecule has 8 heteroatoms. The van der Waals surface area contributed by atoms with Gasteiger partial charge in [0.15, 0.2) is 0 Å². The van der Waals surface area contributed by atoms with Crippen LogP contribution in [0.4, 0.5) is 17.1 Å². The number of esters is 1. The van der Waals surface area contributed by atoms with Crippen LogP contribution in [0.3, 0.4) is 0 Å². The molecule has 0 aromatic heterocycles. The number of para-hydroxylation sites is 1. The van der Waals surface area contributed by atoms with Crippen molar-refractivity contribution < 1.29 is 9.53 Å². The Morgan fingerprint density at radius 3 is 2.29 bits per heavy atom. The highest BCUT2D eigenvalue weighted by Crippen LogP contribution is 2.41. The molecule has 0 aliphatic carbocycles. The molecular weight excluding hydrogens is 476 g/mol. The summed E-state index contributed by atoms with van der Waals surface area (Å²) in [6.07, 6.45) is 3.95. The van der Waals surface area contributed by atoms with Gasteiger partial charge in [0.1, 0.15) is 0 Å². The maximum atomic E-state index is 12.6. The van der Waals surface area contributed by atoms with Gasteiger partial charge in [-0.25, -0.2) is 4.99 Å². The number of carbonyl (C=O) groups excluding carboxylic acids is 1. The van der Waals surface area contributed by atoms with Crippen molar-refractivity contribution in [1.29, 1.82) is 0 Å². The first kappa shape index (κ1) is 26.5. The normalized spacial score (nSPS) is 20.1. The number of hydrogen-bond donors (Lipinski definition) is 0. The van der Waals surface area contributed by atoms with Gasteiger partial charge in [-0.3, -0.25) is 9.69 Å². The molecular formula is C30H42N6O2. The number of piperazine rings is 1. The lowest BCUT2D eigenvalue weighted by atomic mass is 9.97. The second-order valence-corrected chi connectivity index (χ2v) is 10.8. The molecule has 0 spiro atoms. The minimum Gasteiger partial charge on any atom is -0.469 e. The quantitative estimate of drug-likeness (QED) is 0.490. The zero-order chi connectivity index (χ0) is 26.5. The molecule has 8 nitrogen and oxygen atoms in total. The van der Waals surface area contributed by atoms with Crippen molar-refractivity contribution in [2.75, 3.05) is 83.4 Å². The van der Waals surface area contributed by atoms with E-state index in [1.807, 2.05) is 12.1 Å². The number of ether oxygens (including phenoxy) is 1. The number of anilines is 2. The predicted octanol–water partition coefficient (Wildman–Crippen LogP) is 3.97. The summed E-state index contributed by atoms with van der Waals surface area (Å²) in [5, 5.41) is 0. The molecule has 2 saturated heterocycles. The maximum absolute atomic E-state index is 12.6. The third-order valence-corrected chi connectivity index (χ3v) is 7.96. The molecule has 0 amide bonds. The minimum absolute atomic E-state index is 0.179. The molecule has 1 unspecified atom stereocenters. The molecule has 2 aromatic carbocycles. The van der Waals surface area contributed by atoms with Crippen LogP contribution in [-0.4, -0.2) is 100 Å². The number of aliphatic imine (C=N–C) groups is 1. The van der Waals surface area contributed by atoms with E-state index in [0.29, 0.717) is 0 Å². The van der Waals surface area contributed by atoms with Crippen LogP contribution in [0.25, 0.3) is 0 Å². The van der Waals surface area contributed by atoms with Gasteiger partial charge in [0, 0.05) is 56.2 Å². The number of hydrogen-bond acceptors (Lipinski definition) is 8. The van der Waals surface area contributed by atoms with Gasteiger partial charge in [0.05, 0.1) is 25.3 Å². The standard InChI is InChI=1S/C30H42N6O2/c1-32(2)15-8-16-33-19-21-35(22-20-33)30-31-27-10-5-4-9-26(27)28(23-29(37)38-3)36(30)25-13-11-24(12-14-25)34-17-6-7-18-34/h4-5,9-14,28H,6-8,15-23H2,1-3H3. The topological polar surface area (TPSA) is 54.9 Å². The van der Waals surface area contributed by atoms with Crippen LogP contribution >= 0.6 is 0 Å². The van der Waals surface area contributed by atoms with Crippen molar-refractivity contribution in [1.82, 2.24) is 14.7 Å². The van der Waals surface area contributed by atoms with E-state index in [9.17, 15) is 4.79 Å². The Kier molecular flexibility index (Phi) is 8.49. The number of guanidine groups is 1. The number of carbonyl (C=O) groups is 1. The van der Waals surface area contributed by atoms with Crippen molar-refractivity contribution in [3.63, 3.8) is 0 Å². The predicted molar refractivity (Wildman–Crippen MR) is 154 cm³/mol. The molecule has 2 aromatic rings. The molecule has 3 heterocycles. The SMILES string of the molecule is COC(=O)CC1c2ccccc2N=C(N2CCN(CCCN(C)C)CC2)N1c1ccc(N2CCCC2)cc1. The third kappa shape index (κ3) is 5.97. The van der Waals surface area contributed by atoms with Crippen LogP contribution < -0.4 is 9.80 Å². The monoisotopic (exact) mass is 518 g/mol. The van der Waals surface area contributed by atoms with Crippen LogP contribution in [-0.2, 0) is 9.53 Å². The fourth-order valence-electron chi connectivity index (χ4n) is 5.85. The lowest BCUT2D eigenvalue weighted by Gasteiger charge is -2.45. The molecule has 0 N–H and O–H groups in total.